The minimum atomic E-state index is -0.251. The molecule has 0 radical (unpaired) electrons. The van der Waals surface area contributed by atoms with Gasteiger partial charge in [0, 0.05) is 6.04 Å². The van der Waals surface area contributed by atoms with E-state index >= 15 is 0 Å². The van der Waals surface area contributed by atoms with Crippen LogP contribution in [0.4, 0.5) is 0 Å². The van der Waals surface area contributed by atoms with Gasteiger partial charge in [-0.15, -0.1) is 0 Å². The molecule has 0 saturated carbocycles. The highest BCUT2D eigenvalue weighted by atomic mass is 16.3. The zero-order valence-electron chi connectivity index (χ0n) is 12.3. The summed E-state index contributed by atoms with van der Waals surface area (Å²) in [5.41, 5.74) is 7.94. The predicted octanol–water partition coefficient (Wildman–Crippen LogP) is 1.40. The van der Waals surface area contributed by atoms with Crippen molar-refractivity contribution >= 4 is 5.91 Å². The first-order valence-electron chi connectivity index (χ1n) is 7.18. The van der Waals surface area contributed by atoms with Crippen molar-refractivity contribution in [2.45, 2.75) is 44.2 Å². The first-order valence-corrected chi connectivity index (χ1v) is 7.18. The Morgan fingerprint density at radius 3 is 2.85 bits per heavy atom. The van der Waals surface area contributed by atoms with Crippen LogP contribution in [-0.2, 0) is 16.6 Å². The van der Waals surface area contributed by atoms with E-state index in [0.717, 1.165) is 6.42 Å². The Morgan fingerprint density at radius 1 is 1.50 bits per heavy atom. The van der Waals surface area contributed by atoms with Gasteiger partial charge < -0.3 is 10.8 Å². The molecule has 0 spiro atoms. The van der Waals surface area contributed by atoms with Crippen molar-refractivity contribution in [1.82, 2.24) is 4.90 Å². The third-order valence-corrected chi connectivity index (χ3v) is 5.68. The second kappa shape index (κ2) is 4.22. The molecule has 1 heterocycles. The number of fused-ring (bicyclic) bond motifs is 4. The van der Waals surface area contributed by atoms with E-state index in [1.54, 1.807) is 6.07 Å². The number of phenols is 1. The van der Waals surface area contributed by atoms with Crippen LogP contribution in [0.3, 0.4) is 0 Å². The summed E-state index contributed by atoms with van der Waals surface area (Å²) >= 11 is 0. The van der Waals surface area contributed by atoms with Crippen LogP contribution in [0.2, 0.25) is 0 Å². The topological polar surface area (TPSA) is 66.6 Å². The smallest absolute Gasteiger partial charge is 0.234 e. The van der Waals surface area contributed by atoms with Gasteiger partial charge in [-0.3, -0.25) is 9.69 Å². The summed E-state index contributed by atoms with van der Waals surface area (Å²) in [5.74, 6) is 0.474. The number of nitrogens with two attached hydrogens (primary N) is 1. The minimum absolute atomic E-state index is 0.108. The van der Waals surface area contributed by atoms with E-state index < -0.39 is 0 Å². The third-order valence-electron chi connectivity index (χ3n) is 5.68. The SMILES string of the molecule is CC1C2Cc3ccc(O)cc3C1(C)CC(C(N)=O)N2C. The standard InChI is InChI=1S/C16H22N2O2/c1-9-13-6-10-4-5-11(19)7-12(10)16(9,2)8-14(15(17)20)18(13)3/h4-5,7,9,13-14,19H,6,8H2,1-3H3,(H2,17,20). The second-order valence-corrected chi connectivity index (χ2v) is 6.61. The Morgan fingerprint density at radius 2 is 2.20 bits per heavy atom. The number of piperidine rings is 1. The fourth-order valence-electron chi connectivity index (χ4n) is 4.22. The number of carbonyl (C=O) groups excluding carboxylic acids is 1. The molecular formula is C16H22N2O2. The Balaban J connectivity index is 2.14. The first-order chi connectivity index (χ1) is 9.34. The highest BCUT2D eigenvalue weighted by molar-refractivity contribution is 5.80. The molecule has 3 N–H and O–H groups in total. The number of nitrogens with zero attached hydrogens (tertiary/aromatic N) is 1. The maximum absolute atomic E-state index is 11.8. The number of phenolic OH excluding ortho intramolecular Hbond substituents is 1. The van der Waals surface area contributed by atoms with Gasteiger partial charge in [-0.25, -0.2) is 0 Å². The van der Waals surface area contributed by atoms with Gasteiger partial charge >= 0.3 is 0 Å². The largest absolute Gasteiger partial charge is 0.508 e. The Labute approximate surface area is 119 Å². The van der Waals surface area contributed by atoms with Gasteiger partial charge in [0.1, 0.15) is 5.75 Å². The number of benzene rings is 1. The number of carbonyl (C=O) groups is 1. The monoisotopic (exact) mass is 274 g/mol. The van der Waals surface area contributed by atoms with Crippen LogP contribution in [0.5, 0.6) is 5.75 Å². The summed E-state index contributed by atoms with van der Waals surface area (Å²) in [5, 5.41) is 9.81. The normalized spacial score (nSPS) is 36.5. The Bertz CT molecular complexity index is 572. The molecule has 4 heteroatoms. The van der Waals surface area contributed by atoms with Crippen LogP contribution >= 0.6 is 0 Å². The molecule has 1 fully saturated rings. The molecule has 1 saturated heterocycles. The van der Waals surface area contributed by atoms with E-state index in [0.29, 0.717) is 24.1 Å². The van der Waals surface area contributed by atoms with Crippen molar-refractivity contribution in [3.05, 3.63) is 29.3 Å². The maximum Gasteiger partial charge on any atom is 0.234 e. The lowest BCUT2D eigenvalue weighted by Gasteiger charge is -2.56. The van der Waals surface area contributed by atoms with E-state index in [1.165, 1.54) is 11.1 Å². The molecule has 1 amide bonds. The van der Waals surface area contributed by atoms with Gasteiger partial charge in [-0.1, -0.05) is 19.9 Å². The molecule has 3 rings (SSSR count). The van der Waals surface area contributed by atoms with Gasteiger partial charge in [0.2, 0.25) is 5.91 Å². The Kier molecular flexibility index (Phi) is 2.83. The van der Waals surface area contributed by atoms with Gasteiger partial charge in [0.05, 0.1) is 6.04 Å². The van der Waals surface area contributed by atoms with E-state index in [-0.39, 0.29) is 17.4 Å². The lowest BCUT2D eigenvalue weighted by atomic mass is 9.57. The summed E-state index contributed by atoms with van der Waals surface area (Å²) in [6, 6.07) is 5.73. The molecule has 1 aliphatic heterocycles. The zero-order chi connectivity index (χ0) is 14.7. The fourth-order valence-corrected chi connectivity index (χ4v) is 4.22. The third kappa shape index (κ3) is 1.67. The lowest BCUT2D eigenvalue weighted by Crippen LogP contribution is -2.63. The van der Waals surface area contributed by atoms with Crippen molar-refractivity contribution in [2.24, 2.45) is 11.7 Å². The minimum Gasteiger partial charge on any atom is -0.508 e. The van der Waals surface area contributed by atoms with E-state index in [9.17, 15) is 9.90 Å². The average molecular weight is 274 g/mol. The molecule has 1 aliphatic carbocycles. The second-order valence-electron chi connectivity index (χ2n) is 6.61. The van der Waals surface area contributed by atoms with Crippen LogP contribution in [0.1, 0.15) is 31.4 Å². The van der Waals surface area contributed by atoms with Crippen LogP contribution < -0.4 is 5.73 Å². The molecule has 2 aliphatic rings. The predicted molar refractivity (Wildman–Crippen MR) is 77.5 cm³/mol. The summed E-state index contributed by atoms with van der Waals surface area (Å²) < 4.78 is 0. The molecule has 0 aromatic heterocycles. The van der Waals surface area contributed by atoms with Gasteiger partial charge in [-0.2, -0.15) is 0 Å². The first kappa shape index (κ1) is 13.4. The number of aromatic hydroxyl groups is 1. The van der Waals surface area contributed by atoms with Crippen LogP contribution in [-0.4, -0.2) is 35.0 Å². The molecule has 20 heavy (non-hydrogen) atoms. The van der Waals surface area contributed by atoms with Crippen molar-refractivity contribution in [3.63, 3.8) is 0 Å². The van der Waals surface area contributed by atoms with E-state index in [1.807, 2.05) is 19.2 Å². The van der Waals surface area contributed by atoms with Crippen molar-refractivity contribution < 1.29 is 9.90 Å². The average Bonchev–Trinajstić information content (AvgIpc) is 2.38. The summed E-state index contributed by atoms with van der Waals surface area (Å²) in [6.45, 7) is 4.44. The zero-order valence-corrected chi connectivity index (χ0v) is 12.3. The number of likely N-dealkylation sites (N-methyl/N-ethyl adjacent to an activating group) is 1. The molecule has 108 valence electrons. The Hall–Kier alpha value is -1.55. The summed E-state index contributed by atoms with van der Waals surface area (Å²) in [7, 11) is 2.00. The quantitative estimate of drug-likeness (QED) is 0.813. The van der Waals surface area contributed by atoms with Crippen molar-refractivity contribution in [3.8, 4) is 5.75 Å². The molecule has 1 aromatic carbocycles. The van der Waals surface area contributed by atoms with Crippen molar-refractivity contribution in [2.75, 3.05) is 7.05 Å². The van der Waals surface area contributed by atoms with Gasteiger partial charge in [-0.05, 0) is 54.5 Å². The highest BCUT2D eigenvalue weighted by Crippen LogP contribution is 2.50. The number of likely N-dealkylation sites (tertiary alicyclic amines) is 1. The molecular weight excluding hydrogens is 252 g/mol. The highest BCUT2D eigenvalue weighted by Gasteiger charge is 2.52. The number of hydrogen-bond donors (Lipinski definition) is 2. The molecule has 1 aromatic rings. The number of rotatable bonds is 1. The van der Waals surface area contributed by atoms with Crippen LogP contribution in [0, 0.1) is 5.92 Å². The summed E-state index contributed by atoms with van der Waals surface area (Å²) in [6.07, 6.45) is 1.62. The number of amides is 1. The van der Waals surface area contributed by atoms with E-state index in [4.69, 9.17) is 5.73 Å². The maximum atomic E-state index is 11.8. The molecule has 4 atom stereocenters. The molecule has 4 nitrogen and oxygen atoms in total. The molecule has 2 bridgehead atoms. The van der Waals surface area contributed by atoms with Gasteiger partial charge in [0.15, 0.2) is 0 Å². The number of primary amides is 1. The molecule has 4 unspecified atom stereocenters. The number of hydrogen-bond acceptors (Lipinski definition) is 3. The van der Waals surface area contributed by atoms with Crippen molar-refractivity contribution in [1.29, 1.82) is 0 Å². The summed E-state index contributed by atoms with van der Waals surface area (Å²) in [4.78, 5) is 13.9. The fraction of sp³-hybridized carbons (Fsp3) is 0.562. The van der Waals surface area contributed by atoms with Gasteiger partial charge in [0.25, 0.3) is 0 Å². The van der Waals surface area contributed by atoms with Crippen LogP contribution in [0.25, 0.3) is 0 Å². The van der Waals surface area contributed by atoms with E-state index in [2.05, 4.69) is 18.7 Å². The van der Waals surface area contributed by atoms with Crippen LogP contribution in [0.15, 0.2) is 18.2 Å². The lowest BCUT2D eigenvalue weighted by molar-refractivity contribution is -0.128.